The molecule has 2 aromatic heterocycles. The lowest BCUT2D eigenvalue weighted by Crippen LogP contribution is -2.33. The van der Waals surface area contributed by atoms with Crippen LogP contribution in [0, 0.1) is 0 Å². The zero-order chi connectivity index (χ0) is 18.8. The van der Waals surface area contributed by atoms with Crippen LogP contribution in [-0.2, 0) is 4.74 Å². The molecule has 4 rings (SSSR count). The largest absolute Gasteiger partial charge is 0.465 e. The van der Waals surface area contributed by atoms with E-state index in [0.717, 1.165) is 11.1 Å². The van der Waals surface area contributed by atoms with Crippen molar-refractivity contribution in [2.24, 2.45) is 0 Å². The molecule has 2 atom stereocenters. The number of aromatic nitrogens is 2. The monoisotopic (exact) mass is 359 g/mol. The number of ketones is 1. The van der Waals surface area contributed by atoms with Gasteiger partial charge in [0.15, 0.2) is 5.78 Å². The average molecular weight is 359 g/mol. The molecule has 0 radical (unpaired) electrons. The van der Waals surface area contributed by atoms with E-state index < -0.39 is 11.9 Å². The Kier molecular flexibility index (Phi) is 4.38. The van der Waals surface area contributed by atoms with Crippen molar-refractivity contribution < 1.29 is 14.3 Å². The van der Waals surface area contributed by atoms with Crippen LogP contribution >= 0.6 is 0 Å². The number of Topliss-reactive ketones (excluding diaryl/α,β-unsaturated/α-hetero) is 1. The quantitative estimate of drug-likeness (QED) is 0.722. The molecule has 6 heteroatoms. The number of hydrogen-bond donors (Lipinski definition) is 1. The van der Waals surface area contributed by atoms with Gasteiger partial charge >= 0.3 is 5.97 Å². The Morgan fingerprint density at radius 1 is 0.963 bits per heavy atom. The minimum atomic E-state index is -0.530. The molecular weight excluding hydrogens is 342 g/mol. The molecule has 6 nitrogen and oxygen atoms in total. The van der Waals surface area contributed by atoms with E-state index in [-0.39, 0.29) is 17.4 Å². The molecule has 1 aliphatic heterocycles. The number of esters is 1. The number of anilines is 1. The molecule has 3 heterocycles. The van der Waals surface area contributed by atoms with Crippen molar-refractivity contribution in [2.75, 3.05) is 12.4 Å². The molecule has 3 aromatic rings. The Hall–Kier alpha value is -3.54. The number of pyridine rings is 2. The fraction of sp³-hybridized carbons (Fsp3) is 0.143. The van der Waals surface area contributed by atoms with Gasteiger partial charge in [0.05, 0.1) is 30.2 Å². The minimum Gasteiger partial charge on any atom is -0.465 e. The molecule has 0 amide bonds. The molecule has 27 heavy (non-hydrogen) atoms. The van der Waals surface area contributed by atoms with Crippen molar-refractivity contribution in [3.8, 4) is 0 Å². The second-order valence-corrected chi connectivity index (χ2v) is 6.24. The minimum absolute atomic E-state index is 0.127. The first-order chi connectivity index (χ1) is 13.2. The maximum absolute atomic E-state index is 13.6. The predicted molar refractivity (Wildman–Crippen MR) is 99.7 cm³/mol. The van der Waals surface area contributed by atoms with Crippen LogP contribution < -0.4 is 5.32 Å². The number of ether oxygens (including phenoxy) is 1. The van der Waals surface area contributed by atoms with E-state index in [1.165, 1.54) is 7.11 Å². The van der Waals surface area contributed by atoms with Gasteiger partial charge in [0.25, 0.3) is 0 Å². The molecule has 1 N–H and O–H groups in total. The number of benzene rings is 1. The number of carbonyl (C=O) groups excluding carboxylic acids is 2. The van der Waals surface area contributed by atoms with Crippen LogP contribution in [0.3, 0.4) is 0 Å². The number of fused-ring (bicyclic) bond motifs is 1. The normalized spacial score (nSPS) is 18.3. The average Bonchev–Trinajstić information content (AvgIpc) is 2.73. The second-order valence-electron chi connectivity index (χ2n) is 6.24. The molecule has 0 saturated heterocycles. The van der Waals surface area contributed by atoms with Crippen molar-refractivity contribution >= 4 is 17.4 Å². The first-order valence-corrected chi connectivity index (χ1v) is 8.52. The fourth-order valence-corrected chi connectivity index (χ4v) is 3.54. The van der Waals surface area contributed by atoms with Gasteiger partial charge in [0.2, 0.25) is 0 Å². The van der Waals surface area contributed by atoms with Gasteiger partial charge in [0, 0.05) is 30.5 Å². The second kappa shape index (κ2) is 6.99. The summed E-state index contributed by atoms with van der Waals surface area (Å²) in [5, 5.41) is 3.43. The van der Waals surface area contributed by atoms with E-state index in [4.69, 9.17) is 4.74 Å². The van der Waals surface area contributed by atoms with Gasteiger partial charge in [-0.25, -0.2) is 4.79 Å². The van der Waals surface area contributed by atoms with E-state index in [9.17, 15) is 9.59 Å². The highest BCUT2D eigenvalue weighted by molar-refractivity contribution is 6.14. The summed E-state index contributed by atoms with van der Waals surface area (Å²) in [7, 11) is 1.31. The predicted octanol–water partition coefficient (Wildman–Crippen LogP) is 3.40. The van der Waals surface area contributed by atoms with Gasteiger partial charge < -0.3 is 10.1 Å². The summed E-state index contributed by atoms with van der Waals surface area (Å²) in [6.45, 7) is 0. The van der Waals surface area contributed by atoms with E-state index in [2.05, 4.69) is 15.3 Å². The highest BCUT2D eigenvalue weighted by Crippen LogP contribution is 2.43. The Bertz CT molecular complexity index is 990. The smallest absolute Gasteiger partial charge is 0.338 e. The summed E-state index contributed by atoms with van der Waals surface area (Å²) in [4.78, 5) is 33.9. The summed E-state index contributed by atoms with van der Waals surface area (Å²) < 4.78 is 4.87. The third-order valence-electron chi connectivity index (χ3n) is 4.77. The molecule has 1 aliphatic rings. The molecule has 0 saturated carbocycles. The Morgan fingerprint density at radius 2 is 1.59 bits per heavy atom. The van der Waals surface area contributed by atoms with Crippen LogP contribution in [0.2, 0.25) is 0 Å². The number of hydrogen-bond acceptors (Lipinski definition) is 6. The van der Waals surface area contributed by atoms with Crippen molar-refractivity contribution in [3.05, 3.63) is 89.5 Å². The number of rotatable bonds is 3. The van der Waals surface area contributed by atoms with E-state index in [0.29, 0.717) is 11.3 Å². The molecule has 0 bridgehead atoms. The molecule has 0 aliphatic carbocycles. The number of nitrogens with zero attached hydrogens (tertiary/aromatic N) is 2. The molecule has 0 spiro atoms. The van der Waals surface area contributed by atoms with Crippen molar-refractivity contribution in [3.63, 3.8) is 0 Å². The van der Waals surface area contributed by atoms with Gasteiger partial charge in [-0.2, -0.15) is 0 Å². The topological polar surface area (TPSA) is 81.2 Å². The van der Waals surface area contributed by atoms with E-state index in [1.807, 2.05) is 24.3 Å². The zero-order valence-corrected chi connectivity index (χ0v) is 14.6. The Morgan fingerprint density at radius 3 is 2.22 bits per heavy atom. The summed E-state index contributed by atoms with van der Waals surface area (Å²) in [6.07, 6.45) is 6.72. The van der Waals surface area contributed by atoms with Crippen LogP contribution in [0.15, 0.2) is 67.3 Å². The highest BCUT2D eigenvalue weighted by atomic mass is 16.5. The summed E-state index contributed by atoms with van der Waals surface area (Å²) in [5.41, 5.74) is 3.01. The van der Waals surface area contributed by atoms with Gasteiger partial charge in [-0.3, -0.25) is 14.8 Å². The van der Waals surface area contributed by atoms with Gasteiger partial charge in [-0.05, 0) is 47.5 Å². The van der Waals surface area contributed by atoms with Gasteiger partial charge in [-0.15, -0.1) is 0 Å². The van der Waals surface area contributed by atoms with Crippen molar-refractivity contribution in [1.29, 1.82) is 0 Å². The van der Waals surface area contributed by atoms with Crippen LogP contribution in [0.25, 0.3) is 0 Å². The van der Waals surface area contributed by atoms with Crippen LogP contribution in [0.4, 0.5) is 5.69 Å². The van der Waals surface area contributed by atoms with Crippen LogP contribution in [0.1, 0.15) is 43.8 Å². The third kappa shape index (κ3) is 2.95. The van der Waals surface area contributed by atoms with E-state index in [1.54, 1.807) is 43.0 Å². The van der Waals surface area contributed by atoms with Gasteiger partial charge in [0.1, 0.15) is 0 Å². The fourth-order valence-electron chi connectivity index (χ4n) is 3.54. The van der Waals surface area contributed by atoms with Gasteiger partial charge in [-0.1, -0.05) is 6.07 Å². The van der Waals surface area contributed by atoms with Crippen LogP contribution in [-0.4, -0.2) is 28.8 Å². The zero-order valence-electron chi connectivity index (χ0n) is 14.6. The summed E-state index contributed by atoms with van der Waals surface area (Å²) >= 11 is 0. The third-order valence-corrected chi connectivity index (χ3v) is 4.77. The SMILES string of the molecule is COC(=O)c1cccc2c1C(=O)C(c1ccncc1)C(c1ccncc1)N2. The lowest BCUT2D eigenvalue weighted by atomic mass is 9.77. The Balaban J connectivity index is 1.90. The van der Waals surface area contributed by atoms with E-state index >= 15 is 0 Å². The Labute approximate surface area is 156 Å². The standard InChI is InChI=1S/C21H17N3O3/c1-27-21(26)15-3-2-4-16-18(15)20(25)17(13-5-9-22-10-6-13)19(24-16)14-7-11-23-12-8-14/h2-12,17,19,24H,1H3. The number of methoxy groups -OCH3 is 1. The molecular formula is C21H17N3O3. The first kappa shape index (κ1) is 16.9. The lowest BCUT2D eigenvalue weighted by Gasteiger charge is -2.34. The highest BCUT2D eigenvalue weighted by Gasteiger charge is 2.39. The molecule has 1 aromatic carbocycles. The van der Waals surface area contributed by atoms with Crippen LogP contribution in [0.5, 0.6) is 0 Å². The first-order valence-electron chi connectivity index (χ1n) is 8.52. The maximum atomic E-state index is 13.6. The van der Waals surface area contributed by atoms with Crippen molar-refractivity contribution in [2.45, 2.75) is 12.0 Å². The van der Waals surface area contributed by atoms with Crippen molar-refractivity contribution in [1.82, 2.24) is 9.97 Å². The maximum Gasteiger partial charge on any atom is 0.338 e. The molecule has 134 valence electrons. The summed E-state index contributed by atoms with van der Waals surface area (Å²) in [6, 6.07) is 12.3. The molecule has 0 fully saturated rings. The summed E-state index contributed by atoms with van der Waals surface area (Å²) in [5.74, 6) is -1.16. The number of nitrogens with one attached hydrogen (secondary N) is 1. The number of carbonyl (C=O) groups is 2. The lowest BCUT2D eigenvalue weighted by molar-refractivity contribution is 0.0596. The molecule has 2 unspecified atom stereocenters.